The molecule has 17 heavy (non-hydrogen) atoms. The van der Waals surface area contributed by atoms with Crippen molar-refractivity contribution in [2.45, 2.75) is 37.6 Å². The molecule has 2 heteroatoms. The van der Waals surface area contributed by atoms with Crippen LogP contribution in [0.3, 0.4) is 0 Å². The fourth-order valence-electron chi connectivity index (χ4n) is 2.99. The molecule has 3 rings (SSSR count). The highest BCUT2D eigenvalue weighted by Gasteiger charge is 2.24. The molecule has 0 spiro atoms. The van der Waals surface area contributed by atoms with Gasteiger partial charge in [-0.2, -0.15) is 0 Å². The summed E-state index contributed by atoms with van der Waals surface area (Å²) < 4.78 is 0. The fraction of sp³-hybridized carbons (Fsp3) is 0.400. The normalized spacial score (nSPS) is 25.0. The van der Waals surface area contributed by atoms with Gasteiger partial charge in [-0.05, 0) is 36.5 Å². The molecule has 2 aromatic rings. The predicted molar refractivity (Wildman–Crippen MR) is 70.9 cm³/mol. The number of nitrogens with zero attached hydrogens (tertiary/aromatic N) is 1. The molecule has 0 saturated heterocycles. The Kier molecular flexibility index (Phi) is 2.81. The summed E-state index contributed by atoms with van der Waals surface area (Å²) >= 11 is 0. The van der Waals surface area contributed by atoms with E-state index in [1.165, 1.54) is 30.2 Å². The van der Waals surface area contributed by atoms with Crippen molar-refractivity contribution in [3.63, 3.8) is 0 Å². The molecule has 1 aliphatic carbocycles. The van der Waals surface area contributed by atoms with Crippen LogP contribution in [0, 0.1) is 0 Å². The van der Waals surface area contributed by atoms with E-state index in [9.17, 15) is 0 Å². The minimum Gasteiger partial charge on any atom is -0.327 e. The van der Waals surface area contributed by atoms with Crippen molar-refractivity contribution >= 4 is 10.9 Å². The van der Waals surface area contributed by atoms with Gasteiger partial charge in [-0.15, -0.1) is 0 Å². The Hall–Kier alpha value is -1.41. The molecule has 1 aliphatic rings. The van der Waals surface area contributed by atoms with Crippen LogP contribution >= 0.6 is 0 Å². The van der Waals surface area contributed by atoms with Gasteiger partial charge in [0.05, 0.1) is 5.52 Å². The largest absolute Gasteiger partial charge is 0.327 e. The maximum absolute atomic E-state index is 6.28. The van der Waals surface area contributed by atoms with Gasteiger partial charge >= 0.3 is 0 Å². The molecular weight excluding hydrogens is 208 g/mol. The highest BCUT2D eigenvalue weighted by molar-refractivity contribution is 5.82. The topological polar surface area (TPSA) is 38.9 Å². The van der Waals surface area contributed by atoms with Crippen molar-refractivity contribution in [1.29, 1.82) is 0 Å². The van der Waals surface area contributed by atoms with Crippen molar-refractivity contribution in [3.05, 3.63) is 42.1 Å². The van der Waals surface area contributed by atoms with E-state index in [-0.39, 0.29) is 0 Å². The third-order valence-corrected chi connectivity index (χ3v) is 3.90. The van der Waals surface area contributed by atoms with E-state index in [0.717, 1.165) is 11.9 Å². The lowest BCUT2D eigenvalue weighted by atomic mass is 9.79. The lowest BCUT2D eigenvalue weighted by molar-refractivity contribution is 0.387. The molecule has 1 fully saturated rings. The Balaban J connectivity index is 2.10. The van der Waals surface area contributed by atoms with E-state index >= 15 is 0 Å². The molecule has 1 heterocycles. The SMILES string of the molecule is NC1CCCCC1c1ccnc2ccccc12. The van der Waals surface area contributed by atoms with Gasteiger partial charge in [0.15, 0.2) is 0 Å². The maximum Gasteiger partial charge on any atom is 0.0704 e. The summed E-state index contributed by atoms with van der Waals surface area (Å²) in [6, 6.07) is 10.8. The van der Waals surface area contributed by atoms with Crippen LogP contribution in [0.15, 0.2) is 36.5 Å². The van der Waals surface area contributed by atoms with Crippen LogP contribution in [0.4, 0.5) is 0 Å². The molecule has 1 aromatic carbocycles. The first-order chi connectivity index (χ1) is 8.36. The van der Waals surface area contributed by atoms with Crippen LogP contribution < -0.4 is 5.73 Å². The summed E-state index contributed by atoms with van der Waals surface area (Å²) in [5, 5.41) is 1.28. The molecule has 2 N–H and O–H groups in total. The Labute approximate surface area is 102 Å². The van der Waals surface area contributed by atoms with Gasteiger partial charge in [0, 0.05) is 17.6 Å². The van der Waals surface area contributed by atoms with Gasteiger partial charge in [0.1, 0.15) is 0 Å². The first-order valence-electron chi connectivity index (χ1n) is 6.45. The molecule has 88 valence electrons. The van der Waals surface area contributed by atoms with Crippen LogP contribution in [0.25, 0.3) is 10.9 Å². The zero-order valence-corrected chi connectivity index (χ0v) is 9.97. The molecule has 0 radical (unpaired) electrons. The van der Waals surface area contributed by atoms with Gasteiger partial charge in [-0.25, -0.2) is 0 Å². The third kappa shape index (κ3) is 1.93. The van der Waals surface area contributed by atoms with Gasteiger partial charge < -0.3 is 5.73 Å². The zero-order valence-electron chi connectivity index (χ0n) is 9.97. The molecule has 0 bridgehead atoms. The summed E-state index contributed by atoms with van der Waals surface area (Å²) in [5.74, 6) is 0.511. The number of hydrogen-bond acceptors (Lipinski definition) is 2. The van der Waals surface area contributed by atoms with Crippen molar-refractivity contribution in [1.82, 2.24) is 4.98 Å². The van der Waals surface area contributed by atoms with Crippen LogP contribution in [0.2, 0.25) is 0 Å². The number of aromatic nitrogens is 1. The van der Waals surface area contributed by atoms with Crippen molar-refractivity contribution < 1.29 is 0 Å². The zero-order chi connectivity index (χ0) is 11.7. The summed E-state index contributed by atoms with van der Waals surface area (Å²) in [5.41, 5.74) is 8.76. The first kappa shape index (κ1) is 10.7. The summed E-state index contributed by atoms with van der Waals surface area (Å²) in [7, 11) is 0. The number of rotatable bonds is 1. The van der Waals surface area contributed by atoms with Crippen LogP contribution in [0.5, 0.6) is 0 Å². The molecule has 2 nitrogen and oxygen atoms in total. The van der Waals surface area contributed by atoms with E-state index < -0.39 is 0 Å². The number of nitrogens with two attached hydrogens (primary N) is 1. The maximum atomic E-state index is 6.28. The van der Waals surface area contributed by atoms with Gasteiger partial charge in [0.25, 0.3) is 0 Å². The molecule has 0 aliphatic heterocycles. The average molecular weight is 226 g/mol. The summed E-state index contributed by atoms with van der Waals surface area (Å²) in [6.45, 7) is 0. The van der Waals surface area contributed by atoms with E-state index in [2.05, 4.69) is 29.2 Å². The van der Waals surface area contributed by atoms with E-state index in [4.69, 9.17) is 5.73 Å². The smallest absolute Gasteiger partial charge is 0.0704 e. The highest BCUT2D eigenvalue weighted by atomic mass is 14.7. The number of pyridine rings is 1. The first-order valence-corrected chi connectivity index (χ1v) is 6.45. The van der Waals surface area contributed by atoms with Crippen molar-refractivity contribution in [2.75, 3.05) is 0 Å². The second-order valence-electron chi connectivity index (χ2n) is 4.97. The van der Waals surface area contributed by atoms with Gasteiger partial charge in [-0.1, -0.05) is 31.0 Å². The molecule has 1 aromatic heterocycles. The van der Waals surface area contributed by atoms with Crippen LogP contribution in [-0.4, -0.2) is 11.0 Å². The molecule has 2 unspecified atom stereocenters. The molecular formula is C15H18N2. The lowest BCUT2D eigenvalue weighted by Gasteiger charge is -2.29. The monoisotopic (exact) mass is 226 g/mol. The fourth-order valence-corrected chi connectivity index (χ4v) is 2.99. The second kappa shape index (κ2) is 4.46. The Bertz CT molecular complexity index is 516. The highest BCUT2D eigenvalue weighted by Crippen LogP contribution is 2.35. The predicted octanol–water partition coefficient (Wildman–Crippen LogP) is 3.22. The Morgan fingerprint density at radius 1 is 1.06 bits per heavy atom. The van der Waals surface area contributed by atoms with E-state index in [0.29, 0.717) is 12.0 Å². The summed E-state index contributed by atoms with van der Waals surface area (Å²) in [4.78, 5) is 4.42. The third-order valence-electron chi connectivity index (χ3n) is 3.90. The molecule has 0 amide bonds. The van der Waals surface area contributed by atoms with E-state index in [1.807, 2.05) is 12.3 Å². The minimum atomic E-state index is 0.314. The van der Waals surface area contributed by atoms with Crippen molar-refractivity contribution in [2.24, 2.45) is 5.73 Å². The summed E-state index contributed by atoms with van der Waals surface area (Å²) in [6.07, 6.45) is 6.87. The average Bonchev–Trinajstić information content (AvgIpc) is 2.39. The van der Waals surface area contributed by atoms with Crippen molar-refractivity contribution in [3.8, 4) is 0 Å². The number of fused-ring (bicyclic) bond motifs is 1. The molecule has 1 saturated carbocycles. The molecule has 2 atom stereocenters. The van der Waals surface area contributed by atoms with E-state index in [1.54, 1.807) is 0 Å². The quantitative estimate of drug-likeness (QED) is 0.811. The number of benzene rings is 1. The lowest BCUT2D eigenvalue weighted by Crippen LogP contribution is -2.31. The van der Waals surface area contributed by atoms with Gasteiger partial charge in [-0.3, -0.25) is 4.98 Å². The Morgan fingerprint density at radius 3 is 2.76 bits per heavy atom. The van der Waals surface area contributed by atoms with Crippen LogP contribution in [-0.2, 0) is 0 Å². The minimum absolute atomic E-state index is 0.314. The van der Waals surface area contributed by atoms with Crippen LogP contribution in [0.1, 0.15) is 37.2 Å². The number of hydrogen-bond donors (Lipinski definition) is 1. The second-order valence-corrected chi connectivity index (χ2v) is 4.97. The standard InChI is InChI=1S/C15H18N2/c16-14-7-3-1-5-12(14)11-9-10-17-15-8-4-2-6-13(11)15/h2,4,6,8-10,12,14H,1,3,5,7,16H2. The number of para-hydroxylation sites is 1. The van der Waals surface area contributed by atoms with Gasteiger partial charge in [0.2, 0.25) is 0 Å². The Morgan fingerprint density at radius 2 is 1.88 bits per heavy atom.